The van der Waals surface area contributed by atoms with Gasteiger partial charge in [-0.05, 0) is 30.2 Å². The van der Waals surface area contributed by atoms with Gasteiger partial charge in [-0.25, -0.2) is 0 Å². The van der Waals surface area contributed by atoms with E-state index in [1.165, 1.54) is 11.8 Å². The Morgan fingerprint density at radius 3 is 2.62 bits per heavy atom. The van der Waals surface area contributed by atoms with E-state index < -0.39 is 0 Å². The van der Waals surface area contributed by atoms with E-state index in [0.717, 1.165) is 24.1 Å². The molecule has 2 rings (SSSR count). The summed E-state index contributed by atoms with van der Waals surface area (Å²) in [6.07, 6.45) is 3.05. The largest absolute Gasteiger partial charge is 0.409 e. The van der Waals surface area contributed by atoms with Crippen LogP contribution in [0.1, 0.15) is 30.7 Å². The molecule has 0 bridgehead atoms. The summed E-state index contributed by atoms with van der Waals surface area (Å²) in [6.45, 7) is 4.00. The van der Waals surface area contributed by atoms with E-state index in [4.69, 9.17) is 10.9 Å². The zero-order valence-corrected chi connectivity index (χ0v) is 12.9. The van der Waals surface area contributed by atoms with Gasteiger partial charge in [-0.3, -0.25) is 0 Å². The predicted octanol–water partition coefficient (Wildman–Crippen LogP) is 0.976. The molecule has 0 aromatic carbocycles. The number of oxime groups is 1. The molecule has 21 heavy (non-hydrogen) atoms. The maximum atomic E-state index is 9.05. The molecule has 0 saturated carbocycles. The van der Waals surface area contributed by atoms with Gasteiger partial charge in [0.1, 0.15) is 11.4 Å². The minimum absolute atomic E-state index is 0.0288. The van der Waals surface area contributed by atoms with E-state index in [1.807, 2.05) is 20.9 Å². The quantitative estimate of drug-likeness (QED) is 0.366. The number of aryl methyl sites for hydroxylation is 2. The highest BCUT2D eigenvalue weighted by Crippen LogP contribution is 2.29. The summed E-state index contributed by atoms with van der Waals surface area (Å²) in [5.74, 6) is 0.0288. The third-order valence-electron chi connectivity index (χ3n) is 3.04. The zero-order chi connectivity index (χ0) is 15.4. The standard InChI is InChI=1S/C12H17N7OS/c1-4-7-8(5-2)15-16-11(9(7)10(13)18-20)21-12-17-14-6-19(12)3/h6,20H,4-5H2,1-3H3,(H2,13,18). The van der Waals surface area contributed by atoms with E-state index in [0.29, 0.717) is 15.7 Å². The van der Waals surface area contributed by atoms with Crippen LogP contribution in [0.4, 0.5) is 0 Å². The first-order valence-corrected chi connectivity index (χ1v) is 7.32. The fourth-order valence-corrected chi connectivity index (χ4v) is 2.86. The summed E-state index contributed by atoms with van der Waals surface area (Å²) in [6, 6.07) is 0. The summed E-state index contributed by atoms with van der Waals surface area (Å²) in [4.78, 5) is 0. The molecule has 8 nitrogen and oxygen atoms in total. The van der Waals surface area contributed by atoms with Crippen LogP contribution in [0.3, 0.4) is 0 Å². The van der Waals surface area contributed by atoms with Crippen molar-refractivity contribution in [1.29, 1.82) is 0 Å². The number of hydrogen-bond donors (Lipinski definition) is 2. The Morgan fingerprint density at radius 1 is 1.33 bits per heavy atom. The van der Waals surface area contributed by atoms with Crippen molar-refractivity contribution >= 4 is 17.6 Å². The number of amidine groups is 1. The second-order valence-electron chi connectivity index (χ2n) is 4.32. The van der Waals surface area contributed by atoms with E-state index in [9.17, 15) is 0 Å². The monoisotopic (exact) mass is 307 g/mol. The maximum absolute atomic E-state index is 9.05. The van der Waals surface area contributed by atoms with Gasteiger partial charge >= 0.3 is 0 Å². The van der Waals surface area contributed by atoms with Crippen LogP contribution in [0.25, 0.3) is 0 Å². The molecular formula is C12H17N7OS. The van der Waals surface area contributed by atoms with Gasteiger partial charge in [-0.15, -0.1) is 15.3 Å². The minimum Gasteiger partial charge on any atom is -0.409 e. The Labute approximate surface area is 126 Å². The van der Waals surface area contributed by atoms with E-state index in [2.05, 4.69) is 25.6 Å². The predicted molar refractivity (Wildman–Crippen MR) is 78.4 cm³/mol. The lowest BCUT2D eigenvalue weighted by molar-refractivity contribution is 0.318. The van der Waals surface area contributed by atoms with Crippen LogP contribution in [0, 0.1) is 0 Å². The minimum atomic E-state index is 0.0288. The van der Waals surface area contributed by atoms with Crippen molar-refractivity contribution in [3.63, 3.8) is 0 Å². The van der Waals surface area contributed by atoms with Crippen molar-refractivity contribution in [1.82, 2.24) is 25.0 Å². The van der Waals surface area contributed by atoms with Gasteiger partial charge < -0.3 is 15.5 Å². The molecule has 3 N–H and O–H groups in total. The van der Waals surface area contributed by atoms with Gasteiger partial charge in [0.15, 0.2) is 11.0 Å². The second-order valence-corrected chi connectivity index (χ2v) is 5.28. The molecule has 0 aliphatic heterocycles. The fraction of sp³-hybridized carbons (Fsp3) is 0.417. The Balaban J connectivity index is 2.57. The molecule has 0 spiro atoms. The van der Waals surface area contributed by atoms with Crippen molar-refractivity contribution < 1.29 is 5.21 Å². The van der Waals surface area contributed by atoms with Crippen LogP contribution in [0.15, 0.2) is 21.7 Å². The topological polar surface area (TPSA) is 115 Å². The van der Waals surface area contributed by atoms with Crippen molar-refractivity contribution in [3.05, 3.63) is 23.1 Å². The first-order chi connectivity index (χ1) is 10.1. The Hall–Kier alpha value is -2.16. The fourth-order valence-electron chi connectivity index (χ4n) is 1.99. The molecule has 0 unspecified atom stereocenters. The average Bonchev–Trinajstić information content (AvgIpc) is 2.91. The van der Waals surface area contributed by atoms with E-state index >= 15 is 0 Å². The molecule has 0 radical (unpaired) electrons. The molecular weight excluding hydrogens is 290 g/mol. The van der Waals surface area contributed by atoms with Gasteiger partial charge in [0, 0.05) is 7.05 Å². The molecule has 2 aromatic rings. The summed E-state index contributed by atoms with van der Waals surface area (Å²) >= 11 is 1.28. The lowest BCUT2D eigenvalue weighted by Gasteiger charge is -2.13. The van der Waals surface area contributed by atoms with Gasteiger partial charge in [-0.2, -0.15) is 5.10 Å². The van der Waals surface area contributed by atoms with E-state index in [-0.39, 0.29) is 5.84 Å². The van der Waals surface area contributed by atoms with Crippen molar-refractivity contribution in [2.24, 2.45) is 17.9 Å². The Bertz CT molecular complexity index is 668. The van der Waals surface area contributed by atoms with Gasteiger partial charge in [0.05, 0.1) is 11.3 Å². The third kappa shape index (κ3) is 2.97. The SMILES string of the molecule is CCc1nnc(Sc2nncn2C)c(C(N)=NO)c1CC. The van der Waals surface area contributed by atoms with Gasteiger partial charge in [-0.1, -0.05) is 19.0 Å². The van der Waals surface area contributed by atoms with Crippen molar-refractivity contribution in [3.8, 4) is 0 Å². The highest BCUT2D eigenvalue weighted by molar-refractivity contribution is 7.99. The molecule has 112 valence electrons. The van der Waals surface area contributed by atoms with Crippen LogP contribution < -0.4 is 5.73 Å². The Morgan fingerprint density at radius 2 is 2.10 bits per heavy atom. The zero-order valence-electron chi connectivity index (χ0n) is 12.1. The number of nitrogens with zero attached hydrogens (tertiary/aromatic N) is 6. The summed E-state index contributed by atoms with van der Waals surface area (Å²) in [5, 5.41) is 29.6. The lowest BCUT2D eigenvalue weighted by atomic mass is 10.0. The average molecular weight is 307 g/mol. The van der Waals surface area contributed by atoms with Gasteiger partial charge in [0.2, 0.25) is 0 Å². The summed E-state index contributed by atoms with van der Waals surface area (Å²) < 4.78 is 1.77. The highest BCUT2D eigenvalue weighted by atomic mass is 32.2. The Kier molecular flexibility index (Phi) is 4.73. The first kappa shape index (κ1) is 15.2. The molecule has 0 saturated heterocycles. The molecule has 9 heteroatoms. The maximum Gasteiger partial charge on any atom is 0.197 e. The van der Waals surface area contributed by atoms with Gasteiger partial charge in [0.25, 0.3) is 0 Å². The first-order valence-electron chi connectivity index (χ1n) is 6.50. The van der Waals surface area contributed by atoms with Crippen LogP contribution in [0.2, 0.25) is 0 Å². The van der Waals surface area contributed by atoms with Crippen LogP contribution in [-0.4, -0.2) is 36.0 Å². The number of rotatable bonds is 5. The van der Waals surface area contributed by atoms with Crippen molar-refractivity contribution in [2.45, 2.75) is 36.9 Å². The second kappa shape index (κ2) is 6.53. The van der Waals surface area contributed by atoms with Crippen LogP contribution >= 0.6 is 11.8 Å². The molecule has 0 atom stereocenters. The molecule has 2 aromatic heterocycles. The smallest absolute Gasteiger partial charge is 0.197 e. The lowest BCUT2D eigenvalue weighted by Crippen LogP contribution is -2.20. The number of hydrogen-bond acceptors (Lipinski definition) is 7. The van der Waals surface area contributed by atoms with Crippen LogP contribution in [0.5, 0.6) is 0 Å². The number of nitrogens with two attached hydrogens (primary N) is 1. The molecule has 0 amide bonds. The summed E-state index contributed by atoms with van der Waals surface area (Å²) in [5.41, 5.74) is 8.24. The molecule has 0 aliphatic carbocycles. The molecule has 2 heterocycles. The summed E-state index contributed by atoms with van der Waals surface area (Å²) in [7, 11) is 1.83. The normalized spacial score (nSPS) is 11.9. The molecule has 0 fully saturated rings. The third-order valence-corrected chi connectivity index (χ3v) is 4.07. The molecule has 0 aliphatic rings. The highest BCUT2D eigenvalue weighted by Gasteiger charge is 2.20. The number of aromatic nitrogens is 5. The van der Waals surface area contributed by atoms with Crippen molar-refractivity contribution in [2.75, 3.05) is 0 Å². The van der Waals surface area contributed by atoms with Crippen LogP contribution in [-0.2, 0) is 19.9 Å². The van der Waals surface area contributed by atoms with E-state index in [1.54, 1.807) is 10.9 Å².